The van der Waals surface area contributed by atoms with Crippen molar-refractivity contribution in [2.75, 3.05) is 0 Å². The van der Waals surface area contributed by atoms with Crippen molar-refractivity contribution < 1.29 is 35.9 Å². The Kier molecular flexibility index (Phi) is 5.20. The van der Waals surface area contributed by atoms with Gasteiger partial charge in [0.2, 0.25) is 0 Å². The maximum atomic E-state index is 12.2. The molecular formula is C10H7F3INO5S. The van der Waals surface area contributed by atoms with Gasteiger partial charge in [-0.3, -0.25) is 9.59 Å². The van der Waals surface area contributed by atoms with Crippen LogP contribution in [-0.4, -0.2) is 25.8 Å². The normalized spacial score (nSPS) is 11.9. The molecule has 0 atom stereocenters. The van der Waals surface area contributed by atoms with E-state index in [0.717, 1.165) is 23.8 Å². The van der Waals surface area contributed by atoms with E-state index in [-0.39, 0.29) is 5.75 Å². The first-order valence-electron chi connectivity index (χ1n) is 5.05. The van der Waals surface area contributed by atoms with Gasteiger partial charge < -0.3 is 4.74 Å². The van der Waals surface area contributed by atoms with Crippen LogP contribution in [0.2, 0.25) is 0 Å². The number of esters is 1. The molecule has 0 fully saturated rings. The van der Waals surface area contributed by atoms with Crippen LogP contribution in [0.3, 0.4) is 0 Å². The highest BCUT2D eigenvalue weighted by molar-refractivity contribution is 14.1. The van der Waals surface area contributed by atoms with Gasteiger partial charge in [0.1, 0.15) is 5.75 Å². The molecule has 0 aromatic heterocycles. The summed E-state index contributed by atoms with van der Waals surface area (Å²) in [6.45, 7) is 1.09. The topological polar surface area (TPSA) is 89.5 Å². The molecule has 1 aromatic carbocycles. The van der Waals surface area contributed by atoms with Crippen molar-refractivity contribution in [2.24, 2.45) is 0 Å². The molecule has 0 unspecified atom stereocenters. The van der Waals surface area contributed by atoms with E-state index in [1.165, 1.54) is 6.07 Å². The third kappa shape index (κ3) is 4.56. The molecule has 0 heterocycles. The van der Waals surface area contributed by atoms with Gasteiger partial charge in [0, 0.05) is 12.5 Å². The molecule has 6 nitrogen and oxygen atoms in total. The Hall–Kier alpha value is -1.37. The lowest BCUT2D eigenvalue weighted by molar-refractivity contribution is -0.131. The number of hydrogen-bond donors (Lipinski definition) is 1. The van der Waals surface area contributed by atoms with E-state index in [2.05, 4.69) is 0 Å². The highest BCUT2D eigenvalue weighted by Crippen LogP contribution is 2.24. The number of halogens is 4. The summed E-state index contributed by atoms with van der Waals surface area (Å²) < 4.78 is 64.1. The first-order valence-corrected chi connectivity index (χ1v) is 7.61. The average molecular weight is 437 g/mol. The van der Waals surface area contributed by atoms with Crippen LogP contribution in [0.15, 0.2) is 18.2 Å². The van der Waals surface area contributed by atoms with Gasteiger partial charge in [0.05, 0.1) is 3.57 Å². The fourth-order valence-corrected chi connectivity index (χ4v) is 2.04. The molecule has 0 bridgehead atoms. The van der Waals surface area contributed by atoms with Crippen LogP contribution in [0.4, 0.5) is 13.2 Å². The molecule has 0 aliphatic heterocycles. The van der Waals surface area contributed by atoms with Crippen LogP contribution in [0, 0.1) is 3.57 Å². The van der Waals surface area contributed by atoms with Gasteiger partial charge >= 0.3 is 21.5 Å². The molecule has 0 aliphatic rings. The Morgan fingerprint density at radius 2 is 1.86 bits per heavy atom. The second-order valence-electron chi connectivity index (χ2n) is 3.62. The van der Waals surface area contributed by atoms with E-state index >= 15 is 0 Å². The maximum Gasteiger partial charge on any atom is 0.516 e. The number of nitrogens with one attached hydrogen (secondary N) is 1. The summed E-state index contributed by atoms with van der Waals surface area (Å²) in [6.07, 6.45) is 0. The number of carbonyl (C=O) groups excluding carboxylic acids is 2. The van der Waals surface area contributed by atoms with Crippen molar-refractivity contribution in [3.8, 4) is 5.75 Å². The molecule has 11 heteroatoms. The number of alkyl halides is 3. The van der Waals surface area contributed by atoms with Crippen LogP contribution >= 0.6 is 22.6 Å². The number of benzene rings is 1. The van der Waals surface area contributed by atoms with Crippen LogP contribution in [-0.2, 0) is 14.8 Å². The van der Waals surface area contributed by atoms with Crippen molar-refractivity contribution in [3.63, 3.8) is 0 Å². The molecule has 0 radical (unpaired) electrons. The summed E-state index contributed by atoms with van der Waals surface area (Å²) in [4.78, 5) is 22.4. The molecule has 1 N–H and O–H groups in total. The first-order chi connectivity index (χ1) is 9.44. The lowest BCUT2D eigenvalue weighted by Crippen LogP contribution is -2.40. The number of carbonyl (C=O) groups is 2. The predicted molar refractivity (Wildman–Crippen MR) is 72.9 cm³/mol. The third-order valence-corrected chi connectivity index (χ3v) is 3.93. The minimum Gasteiger partial charge on any atom is -0.426 e. The standard InChI is InChI=1S/C10H7F3INO5S/c1-5(16)20-8-4-6(2-3-7(8)14)9(17)15-21(18,19)10(11,12)13/h2-4H,1H3,(H,15,17). The number of hydrogen-bond acceptors (Lipinski definition) is 5. The Balaban J connectivity index is 3.07. The van der Waals surface area contributed by atoms with E-state index in [9.17, 15) is 31.2 Å². The van der Waals surface area contributed by atoms with Crippen molar-refractivity contribution in [2.45, 2.75) is 12.4 Å². The van der Waals surface area contributed by atoms with E-state index < -0.39 is 33.0 Å². The zero-order valence-corrected chi connectivity index (χ0v) is 13.2. The second kappa shape index (κ2) is 6.17. The van der Waals surface area contributed by atoms with E-state index in [1.807, 2.05) is 0 Å². The number of rotatable bonds is 3. The monoisotopic (exact) mass is 437 g/mol. The van der Waals surface area contributed by atoms with Gasteiger partial charge in [0.25, 0.3) is 5.91 Å². The molecule has 21 heavy (non-hydrogen) atoms. The number of ether oxygens (including phenoxy) is 1. The van der Waals surface area contributed by atoms with Crippen LogP contribution in [0.5, 0.6) is 5.75 Å². The molecule has 0 saturated heterocycles. The SMILES string of the molecule is CC(=O)Oc1cc(C(=O)NS(=O)(=O)C(F)(F)F)ccc1I. The molecule has 1 amide bonds. The van der Waals surface area contributed by atoms with E-state index in [4.69, 9.17) is 4.74 Å². The highest BCUT2D eigenvalue weighted by Gasteiger charge is 2.47. The Labute approximate surface area is 130 Å². The summed E-state index contributed by atoms with van der Waals surface area (Å²) in [5.74, 6) is -2.26. The van der Waals surface area contributed by atoms with Gasteiger partial charge in [-0.05, 0) is 40.8 Å². The fraction of sp³-hybridized carbons (Fsp3) is 0.200. The minimum absolute atomic E-state index is 0.0693. The quantitative estimate of drug-likeness (QED) is 0.443. The van der Waals surface area contributed by atoms with Crippen LogP contribution < -0.4 is 9.46 Å². The van der Waals surface area contributed by atoms with Crippen LogP contribution in [0.1, 0.15) is 17.3 Å². The summed E-state index contributed by atoms with van der Waals surface area (Å²) in [5.41, 5.74) is -6.01. The molecule has 1 rings (SSSR count). The molecular weight excluding hydrogens is 430 g/mol. The smallest absolute Gasteiger partial charge is 0.426 e. The average Bonchev–Trinajstić information content (AvgIpc) is 2.29. The van der Waals surface area contributed by atoms with Gasteiger partial charge in [-0.25, -0.2) is 4.72 Å². The van der Waals surface area contributed by atoms with Crippen molar-refractivity contribution in [1.29, 1.82) is 0 Å². The second-order valence-corrected chi connectivity index (χ2v) is 6.46. The van der Waals surface area contributed by atoms with Crippen molar-refractivity contribution in [3.05, 3.63) is 27.3 Å². The Morgan fingerprint density at radius 1 is 1.29 bits per heavy atom. The molecule has 1 aromatic rings. The highest BCUT2D eigenvalue weighted by atomic mass is 127. The number of amides is 1. The zero-order valence-electron chi connectivity index (χ0n) is 10.2. The molecule has 0 saturated carbocycles. The third-order valence-electron chi connectivity index (χ3n) is 1.98. The Morgan fingerprint density at radius 3 is 2.33 bits per heavy atom. The Bertz CT molecular complexity index is 686. The largest absolute Gasteiger partial charge is 0.516 e. The predicted octanol–water partition coefficient (Wildman–Crippen LogP) is 1.80. The summed E-state index contributed by atoms with van der Waals surface area (Å²) in [7, 11) is -5.80. The van der Waals surface area contributed by atoms with E-state index in [1.54, 1.807) is 22.6 Å². The zero-order chi connectivity index (χ0) is 16.4. The first kappa shape index (κ1) is 17.7. The fourth-order valence-electron chi connectivity index (χ4n) is 1.12. The van der Waals surface area contributed by atoms with Crippen LogP contribution in [0.25, 0.3) is 0 Å². The molecule has 116 valence electrons. The van der Waals surface area contributed by atoms with Gasteiger partial charge in [-0.1, -0.05) is 0 Å². The summed E-state index contributed by atoms with van der Waals surface area (Å²) in [5, 5.41) is 0. The molecule has 0 spiro atoms. The lowest BCUT2D eigenvalue weighted by Gasteiger charge is -2.10. The maximum absolute atomic E-state index is 12.2. The van der Waals surface area contributed by atoms with E-state index in [0.29, 0.717) is 3.57 Å². The minimum atomic E-state index is -5.80. The summed E-state index contributed by atoms with van der Waals surface area (Å²) >= 11 is 1.77. The summed E-state index contributed by atoms with van der Waals surface area (Å²) in [6, 6.07) is 3.34. The van der Waals surface area contributed by atoms with Gasteiger partial charge in [-0.2, -0.15) is 21.6 Å². The number of sulfonamides is 1. The van der Waals surface area contributed by atoms with Crippen molar-refractivity contribution in [1.82, 2.24) is 4.72 Å². The van der Waals surface area contributed by atoms with Crippen molar-refractivity contribution >= 4 is 44.5 Å². The molecule has 0 aliphatic carbocycles. The van der Waals surface area contributed by atoms with Gasteiger partial charge in [-0.15, -0.1) is 0 Å². The van der Waals surface area contributed by atoms with Gasteiger partial charge in [0.15, 0.2) is 0 Å². The lowest BCUT2D eigenvalue weighted by atomic mass is 10.2.